The first kappa shape index (κ1) is 10.9. The molecule has 4 heteroatoms. The van der Waals surface area contributed by atoms with Crippen LogP contribution in [0.25, 0.3) is 0 Å². The number of alkyl halides is 1. The van der Waals surface area contributed by atoms with Crippen molar-refractivity contribution in [3.63, 3.8) is 0 Å². The summed E-state index contributed by atoms with van der Waals surface area (Å²) >= 11 is 3.07. The van der Waals surface area contributed by atoms with Crippen LogP contribution in [0, 0.1) is 0 Å². The standard InChI is InChI=1S/C7H14BrNO2/c1-9(2)5-3-4-6(8)7(10)11/h6H,3-5H2,1-2H3,(H,10,11). The Hall–Kier alpha value is -0.0900. The Kier molecular flexibility index (Phi) is 5.50. The molecule has 0 fully saturated rings. The molecule has 1 atom stereocenters. The van der Waals surface area contributed by atoms with Gasteiger partial charge in [0.25, 0.3) is 0 Å². The van der Waals surface area contributed by atoms with Gasteiger partial charge in [-0.2, -0.15) is 0 Å². The molecule has 0 aliphatic heterocycles. The van der Waals surface area contributed by atoms with Crippen molar-refractivity contribution < 1.29 is 9.90 Å². The van der Waals surface area contributed by atoms with E-state index in [0.29, 0.717) is 6.42 Å². The molecule has 0 aromatic carbocycles. The summed E-state index contributed by atoms with van der Waals surface area (Å²) in [5.74, 6) is -0.774. The average Bonchev–Trinajstić information content (AvgIpc) is 1.86. The van der Waals surface area contributed by atoms with E-state index in [9.17, 15) is 4.79 Å². The van der Waals surface area contributed by atoms with E-state index in [2.05, 4.69) is 15.9 Å². The maximum atomic E-state index is 10.3. The maximum absolute atomic E-state index is 10.3. The highest BCUT2D eigenvalue weighted by Gasteiger charge is 2.11. The quantitative estimate of drug-likeness (QED) is 0.713. The van der Waals surface area contributed by atoms with Gasteiger partial charge in [0.2, 0.25) is 0 Å². The second-order valence-electron chi connectivity index (χ2n) is 2.75. The summed E-state index contributed by atoms with van der Waals surface area (Å²) in [6, 6.07) is 0. The summed E-state index contributed by atoms with van der Waals surface area (Å²) in [5, 5.41) is 8.49. The van der Waals surface area contributed by atoms with Gasteiger partial charge in [0, 0.05) is 0 Å². The monoisotopic (exact) mass is 223 g/mol. The molecule has 0 aliphatic carbocycles. The van der Waals surface area contributed by atoms with Gasteiger partial charge in [0.15, 0.2) is 0 Å². The first-order chi connectivity index (χ1) is 5.04. The zero-order valence-electron chi connectivity index (χ0n) is 6.88. The van der Waals surface area contributed by atoms with Crippen LogP contribution in [0.2, 0.25) is 0 Å². The fourth-order valence-corrected chi connectivity index (χ4v) is 1.03. The molecule has 0 heterocycles. The van der Waals surface area contributed by atoms with Crippen molar-refractivity contribution in [2.24, 2.45) is 0 Å². The molecule has 0 radical (unpaired) electrons. The number of hydrogen-bond acceptors (Lipinski definition) is 2. The number of nitrogens with zero attached hydrogens (tertiary/aromatic N) is 1. The highest BCUT2D eigenvalue weighted by molar-refractivity contribution is 9.10. The van der Waals surface area contributed by atoms with E-state index in [1.807, 2.05) is 19.0 Å². The van der Waals surface area contributed by atoms with Gasteiger partial charge in [-0.3, -0.25) is 4.79 Å². The zero-order chi connectivity index (χ0) is 8.85. The Morgan fingerprint density at radius 2 is 2.18 bits per heavy atom. The molecular formula is C7H14BrNO2. The van der Waals surface area contributed by atoms with Gasteiger partial charge in [0.05, 0.1) is 0 Å². The van der Waals surface area contributed by atoms with Crippen LogP contribution in [0.1, 0.15) is 12.8 Å². The molecule has 1 N–H and O–H groups in total. The molecule has 11 heavy (non-hydrogen) atoms. The van der Waals surface area contributed by atoms with Crippen molar-refractivity contribution >= 4 is 21.9 Å². The lowest BCUT2D eigenvalue weighted by atomic mass is 10.2. The van der Waals surface area contributed by atoms with Crippen molar-refractivity contribution in [3.8, 4) is 0 Å². The summed E-state index contributed by atoms with van der Waals surface area (Å²) in [5.41, 5.74) is 0. The molecular weight excluding hydrogens is 210 g/mol. The van der Waals surface area contributed by atoms with Crippen LogP contribution >= 0.6 is 15.9 Å². The topological polar surface area (TPSA) is 40.5 Å². The number of halogens is 1. The van der Waals surface area contributed by atoms with Crippen LogP contribution in [0.5, 0.6) is 0 Å². The maximum Gasteiger partial charge on any atom is 0.317 e. The lowest BCUT2D eigenvalue weighted by molar-refractivity contribution is -0.136. The van der Waals surface area contributed by atoms with E-state index in [1.165, 1.54) is 0 Å². The molecule has 3 nitrogen and oxygen atoms in total. The van der Waals surface area contributed by atoms with Gasteiger partial charge in [-0.1, -0.05) is 15.9 Å². The Balaban J connectivity index is 3.31. The smallest absolute Gasteiger partial charge is 0.317 e. The molecule has 0 aliphatic rings. The van der Waals surface area contributed by atoms with Crippen LogP contribution in [-0.2, 0) is 4.79 Å². The molecule has 0 bridgehead atoms. The predicted octanol–water partition coefficient (Wildman–Crippen LogP) is 1.18. The summed E-state index contributed by atoms with van der Waals surface area (Å²) in [6.07, 6.45) is 1.60. The van der Waals surface area contributed by atoms with Crippen molar-refractivity contribution in [2.45, 2.75) is 17.7 Å². The molecule has 0 spiro atoms. The predicted molar refractivity (Wildman–Crippen MR) is 48.1 cm³/mol. The fourth-order valence-electron chi connectivity index (χ4n) is 0.710. The summed E-state index contributed by atoms with van der Waals surface area (Å²) in [7, 11) is 3.95. The van der Waals surface area contributed by atoms with Crippen molar-refractivity contribution in [1.29, 1.82) is 0 Å². The van der Waals surface area contributed by atoms with E-state index in [0.717, 1.165) is 13.0 Å². The normalized spacial score (nSPS) is 13.5. The molecule has 66 valence electrons. The fraction of sp³-hybridized carbons (Fsp3) is 0.857. The highest BCUT2D eigenvalue weighted by atomic mass is 79.9. The first-order valence-corrected chi connectivity index (χ1v) is 4.47. The summed E-state index contributed by atoms with van der Waals surface area (Å²) in [4.78, 5) is 12.0. The van der Waals surface area contributed by atoms with Crippen LogP contribution in [0.4, 0.5) is 0 Å². The number of carboxylic acid groups (broad SMARTS) is 1. The molecule has 0 amide bonds. The Bertz CT molecular complexity index is 128. The third kappa shape index (κ3) is 6.31. The Morgan fingerprint density at radius 3 is 2.55 bits per heavy atom. The van der Waals surface area contributed by atoms with E-state index in [4.69, 9.17) is 5.11 Å². The number of hydrogen-bond donors (Lipinski definition) is 1. The largest absolute Gasteiger partial charge is 0.480 e. The molecule has 0 rings (SSSR count). The minimum atomic E-state index is -0.774. The second kappa shape index (κ2) is 5.55. The van der Waals surface area contributed by atoms with E-state index < -0.39 is 5.97 Å². The molecule has 1 unspecified atom stereocenters. The van der Waals surface area contributed by atoms with Gasteiger partial charge in [-0.25, -0.2) is 0 Å². The van der Waals surface area contributed by atoms with Crippen molar-refractivity contribution in [1.82, 2.24) is 4.90 Å². The van der Waals surface area contributed by atoms with E-state index >= 15 is 0 Å². The number of rotatable bonds is 5. The average molecular weight is 224 g/mol. The van der Waals surface area contributed by atoms with Crippen LogP contribution in [-0.4, -0.2) is 41.4 Å². The van der Waals surface area contributed by atoms with Crippen molar-refractivity contribution in [2.75, 3.05) is 20.6 Å². The second-order valence-corrected chi connectivity index (χ2v) is 3.86. The number of carboxylic acids is 1. The Morgan fingerprint density at radius 1 is 1.64 bits per heavy atom. The van der Waals surface area contributed by atoms with Crippen LogP contribution in [0.3, 0.4) is 0 Å². The van der Waals surface area contributed by atoms with E-state index in [-0.39, 0.29) is 4.83 Å². The number of carbonyl (C=O) groups is 1. The van der Waals surface area contributed by atoms with Crippen LogP contribution < -0.4 is 0 Å². The SMILES string of the molecule is CN(C)CCCC(Br)C(=O)O. The zero-order valence-corrected chi connectivity index (χ0v) is 8.47. The van der Waals surface area contributed by atoms with Gasteiger partial charge in [0.1, 0.15) is 4.83 Å². The summed E-state index contributed by atoms with van der Waals surface area (Å²) in [6.45, 7) is 0.940. The Labute approximate surface area is 75.5 Å². The van der Waals surface area contributed by atoms with Gasteiger partial charge >= 0.3 is 5.97 Å². The highest BCUT2D eigenvalue weighted by Crippen LogP contribution is 2.07. The summed E-state index contributed by atoms with van der Waals surface area (Å²) < 4.78 is 0. The first-order valence-electron chi connectivity index (χ1n) is 3.55. The lowest BCUT2D eigenvalue weighted by Crippen LogP contribution is -2.17. The molecule has 0 saturated heterocycles. The molecule has 0 aromatic heterocycles. The third-order valence-electron chi connectivity index (χ3n) is 1.33. The van der Waals surface area contributed by atoms with E-state index in [1.54, 1.807) is 0 Å². The van der Waals surface area contributed by atoms with Gasteiger partial charge in [-0.05, 0) is 33.5 Å². The molecule has 0 saturated carbocycles. The number of aliphatic carboxylic acids is 1. The van der Waals surface area contributed by atoms with Gasteiger partial charge in [-0.15, -0.1) is 0 Å². The van der Waals surface area contributed by atoms with Crippen LogP contribution in [0.15, 0.2) is 0 Å². The lowest BCUT2D eigenvalue weighted by Gasteiger charge is -2.09. The van der Waals surface area contributed by atoms with Gasteiger partial charge < -0.3 is 10.0 Å². The minimum Gasteiger partial charge on any atom is -0.480 e. The molecule has 0 aromatic rings. The minimum absolute atomic E-state index is 0.387. The van der Waals surface area contributed by atoms with Crippen molar-refractivity contribution in [3.05, 3.63) is 0 Å². The third-order valence-corrected chi connectivity index (χ3v) is 2.18.